The summed E-state index contributed by atoms with van der Waals surface area (Å²) in [5.41, 5.74) is 2.02. The summed E-state index contributed by atoms with van der Waals surface area (Å²) in [5.74, 6) is 1.56. The lowest BCUT2D eigenvalue weighted by atomic mass is 9.87. The van der Waals surface area contributed by atoms with Crippen LogP contribution in [0.5, 0.6) is 5.75 Å². The number of benzene rings is 1. The number of hydrogen-bond donors (Lipinski definition) is 2. The first kappa shape index (κ1) is 15.3. The third kappa shape index (κ3) is 3.97. The van der Waals surface area contributed by atoms with Crippen molar-refractivity contribution >= 4 is 0 Å². The van der Waals surface area contributed by atoms with Crippen LogP contribution >= 0.6 is 0 Å². The third-order valence-corrected chi connectivity index (χ3v) is 4.28. The Hall–Kier alpha value is -1.06. The highest BCUT2D eigenvalue weighted by atomic mass is 16.5. The zero-order valence-corrected chi connectivity index (χ0v) is 12.9. The van der Waals surface area contributed by atoms with Gasteiger partial charge < -0.3 is 15.2 Å². The molecule has 2 rings (SSSR count). The standard InChI is InChI=1S/C17H27NO2/c1-12-5-4-6-14(9-12)18-11-16(19)15-10-13(2)7-8-17(15)20-3/h7-8,10,12,14,16,18-19H,4-6,9,11H2,1-3H3. The molecule has 0 radical (unpaired) electrons. The number of aliphatic hydroxyl groups excluding tert-OH is 1. The number of rotatable bonds is 5. The van der Waals surface area contributed by atoms with Gasteiger partial charge in [-0.3, -0.25) is 0 Å². The zero-order valence-electron chi connectivity index (χ0n) is 12.9. The summed E-state index contributed by atoms with van der Waals surface area (Å²) < 4.78 is 5.34. The van der Waals surface area contributed by atoms with E-state index in [-0.39, 0.29) is 0 Å². The Morgan fingerprint density at radius 2 is 2.20 bits per heavy atom. The average molecular weight is 277 g/mol. The monoisotopic (exact) mass is 277 g/mol. The van der Waals surface area contributed by atoms with Gasteiger partial charge in [0.1, 0.15) is 5.75 Å². The smallest absolute Gasteiger partial charge is 0.124 e. The molecule has 0 amide bonds. The number of aliphatic hydroxyl groups is 1. The lowest BCUT2D eigenvalue weighted by molar-refractivity contribution is 0.158. The minimum Gasteiger partial charge on any atom is -0.496 e. The van der Waals surface area contributed by atoms with Gasteiger partial charge in [-0.25, -0.2) is 0 Å². The molecular weight excluding hydrogens is 250 g/mol. The first-order valence-electron chi connectivity index (χ1n) is 7.66. The van der Waals surface area contributed by atoms with Crippen LogP contribution in [0.15, 0.2) is 18.2 Å². The second-order valence-corrected chi connectivity index (χ2v) is 6.14. The Labute approximate surface area is 122 Å². The van der Waals surface area contributed by atoms with Gasteiger partial charge in [0.05, 0.1) is 13.2 Å². The summed E-state index contributed by atoms with van der Waals surface area (Å²) >= 11 is 0. The highest BCUT2D eigenvalue weighted by Gasteiger charge is 2.20. The summed E-state index contributed by atoms with van der Waals surface area (Å²) in [5, 5.41) is 13.9. The first-order valence-corrected chi connectivity index (χ1v) is 7.66. The predicted octanol–water partition coefficient (Wildman–Crippen LogP) is 3.21. The van der Waals surface area contributed by atoms with Crippen molar-refractivity contribution in [2.45, 2.75) is 51.7 Å². The van der Waals surface area contributed by atoms with Gasteiger partial charge in [-0.2, -0.15) is 0 Å². The second kappa shape index (κ2) is 7.09. The number of ether oxygens (including phenoxy) is 1. The summed E-state index contributed by atoms with van der Waals surface area (Å²) in [7, 11) is 1.65. The lowest BCUT2D eigenvalue weighted by Gasteiger charge is -2.28. The molecule has 0 bridgehead atoms. The van der Waals surface area contributed by atoms with Crippen molar-refractivity contribution in [1.29, 1.82) is 0 Å². The van der Waals surface area contributed by atoms with E-state index in [4.69, 9.17) is 4.74 Å². The maximum atomic E-state index is 10.4. The van der Waals surface area contributed by atoms with Gasteiger partial charge in [-0.1, -0.05) is 31.4 Å². The Bertz CT molecular complexity index is 433. The van der Waals surface area contributed by atoms with Gasteiger partial charge in [0.25, 0.3) is 0 Å². The molecule has 1 aromatic rings. The summed E-state index contributed by atoms with van der Waals surface area (Å²) in [6.45, 7) is 4.94. The average Bonchev–Trinajstić information content (AvgIpc) is 2.45. The normalized spacial score (nSPS) is 24.4. The fourth-order valence-electron chi connectivity index (χ4n) is 3.12. The third-order valence-electron chi connectivity index (χ3n) is 4.28. The fraction of sp³-hybridized carbons (Fsp3) is 0.647. The van der Waals surface area contributed by atoms with E-state index in [9.17, 15) is 5.11 Å². The quantitative estimate of drug-likeness (QED) is 0.868. The first-order chi connectivity index (χ1) is 9.60. The van der Waals surface area contributed by atoms with Gasteiger partial charge in [0.15, 0.2) is 0 Å². The topological polar surface area (TPSA) is 41.5 Å². The van der Waals surface area contributed by atoms with Crippen LogP contribution in [0.4, 0.5) is 0 Å². The van der Waals surface area contributed by atoms with Crippen molar-refractivity contribution in [3.63, 3.8) is 0 Å². The highest BCUT2D eigenvalue weighted by Crippen LogP contribution is 2.27. The SMILES string of the molecule is COc1ccc(C)cc1C(O)CNC1CCCC(C)C1. The van der Waals surface area contributed by atoms with Crippen LogP contribution < -0.4 is 10.1 Å². The minimum atomic E-state index is -0.512. The Morgan fingerprint density at radius 3 is 2.90 bits per heavy atom. The molecule has 112 valence electrons. The van der Waals surface area contributed by atoms with E-state index >= 15 is 0 Å². The number of aryl methyl sites for hydroxylation is 1. The van der Waals surface area contributed by atoms with Gasteiger partial charge in [0, 0.05) is 18.2 Å². The van der Waals surface area contributed by atoms with E-state index < -0.39 is 6.10 Å². The molecule has 1 aromatic carbocycles. The molecule has 1 aliphatic rings. The van der Waals surface area contributed by atoms with E-state index in [1.54, 1.807) is 7.11 Å². The molecule has 1 aliphatic carbocycles. The molecule has 20 heavy (non-hydrogen) atoms. The Morgan fingerprint density at radius 1 is 1.40 bits per heavy atom. The maximum absolute atomic E-state index is 10.4. The van der Waals surface area contributed by atoms with E-state index in [0.29, 0.717) is 12.6 Å². The van der Waals surface area contributed by atoms with Crippen LogP contribution in [-0.4, -0.2) is 24.8 Å². The van der Waals surface area contributed by atoms with Crippen molar-refractivity contribution in [2.75, 3.05) is 13.7 Å². The number of hydrogen-bond acceptors (Lipinski definition) is 3. The summed E-state index contributed by atoms with van der Waals surface area (Å²) in [4.78, 5) is 0. The molecule has 3 nitrogen and oxygen atoms in total. The molecular formula is C17H27NO2. The van der Waals surface area contributed by atoms with Crippen molar-refractivity contribution < 1.29 is 9.84 Å². The molecule has 3 atom stereocenters. The van der Waals surface area contributed by atoms with Gasteiger partial charge in [-0.05, 0) is 37.8 Å². The van der Waals surface area contributed by atoms with E-state index in [1.165, 1.54) is 25.7 Å². The molecule has 1 fully saturated rings. The summed E-state index contributed by atoms with van der Waals surface area (Å²) in [6, 6.07) is 6.49. The predicted molar refractivity (Wildman–Crippen MR) is 82.1 cm³/mol. The zero-order chi connectivity index (χ0) is 14.5. The lowest BCUT2D eigenvalue weighted by Crippen LogP contribution is -2.36. The molecule has 3 unspecified atom stereocenters. The fourth-order valence-corrected chi connectivity index (χ4v) is 3.12. The van der Waals surface area contributed by atoms with E-state index in [0.717, 1.165) is 22.8 Å². The van der Waals surface area contributed by atoms with E-state index in [2.05, 4.69) is 12.2 Å². The number of nitrogens with one attached hydrogen (secondary N) is 1. The molecule has 0 aliphatic heterocycles. The highest BCUT2D eigenvalue weighted by molar-refractivity contribution is 5.38. The van der Waals surface area contributed by atoms with Crippen LogP contribution in [0.2, 0.25) is 0 Å². The van der Waals surface area contributed by atoms with Gasteiger partial charge in [-0.15, -0.1) is 0 Å². The Balaban J connectivity index is 1.94. The molecule has 0 saturated heterocycles. The van der Waals surface area contributed by atoms with Crippen LogP contribution in [0.3, 0.4) is 0 Å². The van der Waals surface area contributed by atoms with Crippen molar-refractivity contribution in [3.05, 3.63) is 29.3 Å². The molecule has 0 aromatic heterocycles. The summed E-state index contributed by atoms with van der Waals surface area (Å²) in [6.07, 6.45) is 4.57. The van der Waals surface area contributed by atoms with Crippen LogP contribution in [0.25, 0.3) is 0 Å². The maximum Gasteiger partial charge on any atom is 0.124 e. The molecule has 0 spiro atoms. The van der Waals surface area contributed by atoms with Crippen molar-refractivity contribution in [3.8, 4) is 5.75 Å². The van der Waals surface area contributed by atoms with Crippen LogP contribution in [0.1, 0.15) is 49.8 Å². The van der Waals surface area contributed by atoms with Gasteiger partial charge >= 0.3 is 0 Å². The minimum absolute atomic E-state index is 0.512. The second-order valence-electron chi connectivity index (χ2n) is 6.14. The Kier molecular flexibility index (Phi) is 5.44. The van der Waals surface area contributed by atoms with Crippen LogP contribution in [0, 0.1) is 12.8 Å². The largest absolute Gasteiger partial charge is 0.496 e. The molecule has 3 heteroatoms. The number of methoxy groups -OCH3 is 1. The van der Waals surface area contributed by atoms with Crippen LogP contribution in [-0.2, 0) is 0 Å². The molecule has 0 heterocycles. The molecule has 1 saturated carbocycles. The van der Waals surface area contributed by atoms with E-state index in [1.807, 2.05) is 25.1 Å². The van der Waals surface area contributed by atoms with Gasteiger partial charge in [0.2, 0.25) is 0 Å². The molecule has 2 N–H and O–H groups in total. The van der Waals surface area contributed by atoms with Crippen molar-refractivity contribution in [1.82, 2.24) is 5.32 Å². The van der Waals surface area contributed by atoms with Crippen molar-refractivity contribution in [2.24, 2.45) is 5.92 Å².